The van der Waals surface area contributed by atoms with Crippen LogP contribution in [0.25, 0.3) is 41.7 Å². The predicted octanol–water partition coefficient (Wildman–Crippen LogP) is 9.20. The molecule has 5 fully saturated rings. The summed E-state index contributed by atoms with van der Waals surface area (Å²) < 4.78 is 133. The Morgan fingerprint density at radius 3 is 1.46 bits per heavy atom. The van der Waals surface area contributed by atoms with Crippen LogP contribution in [0.4, 0.5) is 17.7 Å². The van der Waals surface area contributed by atoms with Crippen molar-refractivity contribution in [2.75, 3.05) is 125 Å². The number of thiol groups is 5. The van der Waals surface area contributed by atoms with E-state index in [-0.39, 0.29) is 155 Å². The van der Waals surface area contributed by atoms with Crippen molar-refractivity contribution >= 4 is 178 Å². The van der Waals surface area contributed by atoms with Crippen molar-refractivity contribution in [3.8, 4) is 0 Å². The summed E-state index contributed by atoms with van der Waals surface area (Å²) in [7, 11) is -11.0. The van der Waals surface area contributed by atoms with E-state index in [1.54, 1.807) is 58.8 Å². The van der Waals surface area contributed by atoms with Crippen molar-refractivity contribution in [1.29, 1.82) is 0 Å². The van der Waals surface area contributed by atoms with E-state index in [2.05, 4.69) is 79.9 Å². The van der Waals surface area contributed by atoms with Gasteiger partial charge in [0.1, 0.15) is 0 Å². The summed E-state index contributed by atoms with van der Waals surface area (Å²) >= 11 is 26.7. The number of amides is 3. The van der Waals surface area contributed by atoms with Gasteiger partial charge in [0.15, 0.2) is 0 Å². The van der Waals surface area contributed by atoms with Gasteiger partial charge in [-0.1, -0.05) is 0 Å². The number of hydrogen-bond acceptors (Lipinski definition) is 40. The molecule has 6 aromatic heterocycles. The molecule has 12 heterocycles. The number of hydrogen-bond donors (Lipinski definition) is 10. The first-order chi connectivity index (χ1) is 66.1. The number of nitrogens with zero attached hydrogens (tertiary/aromatic N) is 17. The number of aromatic amines is 3. The molecule has 0 saturated carbocycles. The summed E-state index contributed by atoms with van der Waals surface area (Å²) in [5.41, 5.74) is -3.13. The van der Waals surface area contributed by atoms with Crippen LogP contribution >= 0.6 is 107 Å². The first-order valence-corrected chi connectivity index (χ1v) is 61.1. The summed E-state index contributed by atoms with van der Waals surface area (Å²) in [5.74, 6) is -2.33. The molecule has 0 aromatic carbocycles. The van der Waals surface area contributed by atoms with Crippen LogP contribution in [0.15, 0.2) is 76.7 Å². The summed E-state index contributed by atoms with van der Waals surface area (Å²) in [5, 5.41) is 4.95. The number of carbonyl (C=O) groups is 3. The molecule has 139 heavy (non-hydrogen) atoms. The zero-order valence-corrected chi connectivity index (χ0v) is 88.2. The van der Waals surface area contributed by atoms with E-state index in [1.807, 2.05) is 20.8 Å². The van der Waals surface area contributed by atoms with Gasteiger partial charge in [-0.05, 0) is 0 Å². The fraction of sp³-hybridized carbons (Fsp3) is 0.633. The summed E-state index contributed by atoms with van der Waals surface area (Å²) in [6, 6.07) is 1.50. The normalized spacial score (nSPS) is 24.9. The molecule has 1 unspecified atom stereocenters. The summed E-state index contributed by atoms with van der Waals surface area (Å²) in [6.07, 6.45) is -9.18. The minimum absolute atomic E-state index is 0.0122. The molecule has 5 saturated heterocycles. The molecule has 0 spiro atoms. The number of ether oxygens (including phenoxy) is 5. The quantitative estimate of drug-likeness (QED) is 0.00323. The van der Waals surface area contributed by atoms with Crippen molar-refractivity contribution < 1.29 is 101 Å². The van der Waals surface area contributed by atoms with Gasteiger partial charge in [-0.15, -0.1) is 0 Å². The Morgan fingerprint density at radius 2 is 1.01 bits per heavy atom. The van der Waals surface area contributed by atoms with E-state index in [0.29, 0.717) is 18.6 Å². The van der Waals surface area contributed by atoms with Crippen LogP contribution in [-0.2, 0) is 101 Å². The van der Waals surface area contributed by atoms with E-state index in [0.717, 1.165) is 4.57 Å². The standard InChI is InChI=1S/C79H117N22O27P5S6/c1-17-28-139-133(138,118-36-57-50(45(2)3)30-63(120-57)98-23-18-62(88-49(8)102)89-78(98)108)128-53-31-52(51-29-47(6)71(103)92-73(51)105)119-58(53)37-115-130(135,111-25-20-81-10)126-56-34-66(101-44-85-68-70(101)91-77(94-75(68)107)87-42-97(15)16)123-61(56)40-117-131(136,112-26-21-82-11)125-54-32-64(99-35-48(7)72(104)95-79(99)109)121-59(54)39-116-132(137,113-27-22-83-12)127-55-33-65(122-60(55)38-114-129(134,124-46(4)5)110-24-19-80-9)100-43-84-67-69(100)90-76(93-74(67)106)86-41-96(13)14/h18,23,29,35,41-46,50-61,63-66,129-138H,17,19-22,24-28,30-34,36-40H2,1-8,13-16H3,(H,90,93,106)(H,91,94,107)(H,92,103,105)(H,95,104,109)(H,88,89,102,108)/b86-41+,87-42+/t50-,51?,52+,53+,54+,55+,56+,57+,58+,59+,60+,61+,63+,64+,65+,66+/m0/s1. The zero-order valence-electron chi connectivity index (χ0n) is 77.9. The fourth-order valence-corrected chi connectivity index (χ4v) is 31.2. The molecule has 0 radical (unpaired) electrons. The van der Waals surface area contributed by atoms with Crippen molar-refractivity contribution in [3.05, 3.63) is 146 Å². The first kappa shape index (κ1) is 111. The van der Waals surface area contributed by atoms with Gasteiger partial charge in [-0.3, -0.25) is 0 Å². The van der Waals surface area contributed by atoms with Gasteiger partial charge in [-0.2, -0.15) is 0 Å². The van der Waals surface area contributed by atoms with Gasteiger partial charge in [0.2, 0.25) is 0 Å². The third-order valence-electron chi connectivity index (χ3n) is 22.0. The number of imidazole rings is 2. The number of aryl methyl sites for hydroxylation is 1. The molecule has 0 bridgehead atoms. The van der Waals surface area contributed by atoms with Crippen LogP contribution in [0.5, 0.6) is 0 Å². The maximum atomic E-state index is 14.0. The van der Waals surface area contributed by atoms with Crippen LogP contribution in [0, 0.1) is 51.0 Å². The van der Waals surface area contributed by atoms with Crippen LogP contribution < -0.4 is 38.7 Å². The maximum absolute atomic E-state index is 14.0. The number of carbonyl (C=O) groups excluding carboxylic acids is 3. The number of aromatic nitrogens is 12. The van der Waals surface area contributed by atoms with E-state index in [4.69, 9.17) is 175 Å². The Morgan fingerprint density at radius 1 is 0.576 bits per heavy atom. The van der Waals surface area contributed by atoms with Crippen molar-refractivity contribution in [1.82, 2.24) is 73.3 Å². The predicted molar refractivity (Wildman–Crippen MR) is 539 cm³/mol. The molecule has 6 aliphatic rings. The number of anilines is 1. The summed E-state index contributed by atoms with van der Waals surface area (Å²) in [4.78, 5) is 162. The van der Waals surface area contributed by atoms with Gasteiger partial charge in [0, 0.05) is 0 Å². The van der Waals surface area contributed by atoms with E-state index in [1.165, 1.54) is 88.8 Å². The topological polar surface area (TPSA) is 516 Å². The van der Waals surface area contributed by atoms with Gasteiger partial charge >= 0.3 is 837 Å². The molecule has 16 atom stereocenters. The van der Waals surface area contributed by atoms with Crippen LogP contribution in [-0.4, -0.2) is 285 Å². The third-order valence-corrected chi connectivity index (χ3v) is 39.7. The molecular weight excluding hydrogens is 2040 g/mol. The monoisotopic (exact) mass is 2150 g/mol. The van der Waals surface area contributed by atoms with Crippen molar-refractivity contribution in [2.45, 2.75) is 186 Å². The van der Waals surface area contributed by atoms with Crippen molar-refractivity contribution in [2.24, 2.45) is 27.7 Å². The SMILES string of the molecule is [C-]#[N+]CCO[PH](S)(OC[C@H]1O[C@@H](n2cnc3c(=O)[nH]c(/N=C/N(C)C)nc32)C[C@H]1O[PH](S)(OCC[N+]#[C-])OC[C@H]1O[C@@H](n2cc(C)c(=O)[nH]c2=O)C[C@H]1O[PH](S)(OCC[N+]#[C-])OC[C@H]1O[C@@H](n2cnc3c(=O)[nH]c(/N=C/N(C)C)nc32)C[C@H]1O[PH](S)(OCC[N+]#[C-])OC[C@H]1O[C@@H](C2C=C(C)C(=O)NC2=O)C[C@H]1O[PH](S)(OC[C@H]1O[C@@H](n2ccc(NC(C)=O)nc2=O)C[C@H]1C(C)C)SCCC)OC(C)C. The Balaban J connectivity index is 0.860. The number of H-pyrrole nitrogens is 3. The Labute approximate surface area is 831 Å². The molecule has 766 valence electrons. The Bertz CT molecular complexity index is 5910. The van der Waals surface area contributed by atoms with E-state index in [9.17, 15) is 38.4 Å². The second-order valence-electron chi connectivity index (χ2n) is 33.8. The van der Waals surface area contributed by atoms with E-state index >= 15 is 0 Å². The van der Waals surface area contributed by atoms with Gasteiger partial charge in [-0.25, -0.2) is 0 Å². The zero-order chi connectivity index (χ0) is 100. The summed E-state index contributed by atoms with van der Waals surface area (Å²) in [6.45, 7) is 41.0. The second-order valence-corrected chi connectivity index (χ2v) is 55.2. The van der Waals surface area contributed by atoms with Gasteiger partial charge < -0.3 is 0 Å². The number of rotatable bonds is 51. The molecular formula is C79H117N22O27P5S6. The first-order valence-electron chi connectivity index (χ1n) is 44.2. The molecule has 6 aromatic rings. The Kier molecular flexibility index (Phi) is 40.0. The van der Waals surface area contributed by atoms with Crippen LogP contribution in [0.3, 0.4) is 0 Å². The fourth-order valence-electron chi connectivity index (χ4n) is 15.5. The Hall–Kier alpha value is -7.00. The van der Waals surface area contributed by atoms with Gasteiger partial charge in [0.25, 0.3) is 0 Å². The van der Waals surface area contributed by atoms with Crippen molar-refractivity contribution in [3.63, 3.8) is 0 Å². The number of nitrogens with one attached hydrogen (secondary N) is 5. The number of fused-ring (bicyclic) bond motifs is 2. The second kappa shape index (κ2) is 50.2. The molecule has 0 aliphatic carbocycles. The molecule has 3 amide bonds. The van der Waals surface area contributed by atoms with E-state index < -0.39 is 198 Å². The molecule has 5 N–H and O–H groups in total. The molecule has 12 rings (SSSR count). The average molecular weight is 2150 g/mol. The third kappa shape index (κ3) is 29.9. The number of imide groups is 1. The molecule has 6 aliphatic heterocycles. The molecule has 49 nitrogen and oxygen atoms in total. The average Bonchev–Trinajstić information content (AvgIpc) is 1.63. The van der Waals surface area contributed by atoms with Gasteiger partial charge in [0.05, 0.1) is 0 Å². The minimum atomic E-state index is -4.72. The van der Waals surface area contributed by atoms with Crippen LogP contribution in [0.2, 0.25) is 0 Å². The molecule has 60 heteroatoms. The van der Waals surface area contributed by atoms with Crippen LogP contribution in [0.1, 0.15) is 117 Å². The number of aliphatic imine (C=N–C) groups is 2.